The molecule has 134 valence electrons. The Kier molecular flexibility index (Phi) is 5.75. The van der Waals surface area contributed by atoms with Crippen LogP contribution < -0.4 is 4.74 Å². The molecule has 0 aliphatic carbocycles. The van der Waals surface area contributed by atoms with E-state index in [4.69, 9.17) is 21.6 Å². The van der Waals surface area contributed by atoms with Crippen LogP contribution >= 0.6 is 11.6 Å². The molecule has 6 heteroatoms. The molecule has 26 heavy (non-hydrogen) atoms. The summed E-state index contributed by atoms with van der Waals surface area (Å²) in [4.78, 5) is 14.4. The first-order valence-electron chi connectivity index (χ1n) is 8.45. The third kappa shape index (κ3) is 3.97. The molecule has 0 unspecified atom stereocenters. The van der Waals surface area contributed by atoms with Gasteiger partial charge in [-0.05, 0) is 43.0 Å². The molecule has 1 aliphatic heterocycles. The lowest BCUT2D eigenvalue weighted by Gasteiger charge is -2.32. The Morgan fingerprint density at radius 3 is 2.65 bits per heavy atom. The molecule has 0 atom stereocenters. The van der Waals surface area contributed by atoms with E-state index in [1.807, 2.05) is 6.07 Å². The van der Waals surface area contributed by atoms with Gasteiger partial charge in [0.15, 0.2) is 0 Å². The maximum absolute atomic E-state index is 13.6. The molecule has 0 saturated carbocycles. The van der Waals surface area contributed by atoms with Gasteiger partial charge in [-0.2, -0.15) is 5.26 Å². The molecule has 2 aromatic carbocycles. The minimum atomic E-state index is -0.579. The largest absolute Gasteiger partial charge is 0.492 e. The van der Waals surface area contributed by atoms with Gasteiger partial charge in [-0.15, -0.1) is 0 Å². The molecule has 1 aliphatic rings. The molecule has 1 saturated heterocycles. The van der Waals surface area contributed by atoms with Crippen molar-refractivity contribution in [3.63, 3.8) is 0 Å². The van der Waals surface area contributed by atoms with E-state index in [0.29, 0.717) is 30.3 Å². The highest BCUT2D eigenvalue weighted by atomic mass is 35.5. The summed E-state index contributed by atoms with van der Waals surface area (Å²) in [5, 5.41) is 9.49. The Balaban J connectivity index is 1.55. The van der Waals surface area contributed by atoms with Gasteiger partial charge in [0, 0.05) is 13.1 Å². The number of rotatable bonds is 4. The predicted octanol–water partition coefficient (Wildman–Crippen LogP) is 4.28. The second kappa shape index (κ2) is 8.20. The van der Waals surface area contributed by atoms with E-state index in [0.717, 1.165) is 12.8 Å². The zero-order chi connectivity index (χ0) is 18.5. The van der Waals surface area contributed by atoms with Gasteiger partial charge in [0.05, 0.1) is 17.2 Å². The fraction of sp³-hybridized carbons (Fsp3) is 0.300. The summed E-state index contributed by atoms with van der Waals surface area (Å²) in [5.41, 5.74) is 0.445. The molecule has 0 aromatic heterocycles. The number of nitrogens with zero attached hydrogens (tertiary/aromatic N) is 2. The monoisotopic (exact) mass is 372 g/mol. The van der Waals surface area contributed by atoms with Gasteiger partial charge in [0.1, 0.15) is 23.2 Å². The highest BCUT2D eigenvalue weighted by Gasteiger charge is 2.25. The molecule has 3 rings (SSSR count). The molecule has 1 fully saturated rings. The summed E-state index contributed by atoms with van der Waals surface area (Å²) in [6, 6.07) is 13.2. The third-order valence-corrected chi connectivity index (χ3v) is 4.90. The number of nitriles is 1. The zero-order valence-corrected chi connectivity index (χ0v) is 14.9. The van der Waals surface area contributed by atoms with Gasteiger partial charge in [-0.3, -0.25) is 4.79 Å². The van der Waals surface area contributed by atoms with Crippen LogP contribution in [0.4, 0.5) is 4.39 Å². The van der Waals surface area contributed by atoms with Gasteiger partial charge in [0.2, 0.25) is 0 Å². The molecular formula is C20H18ClFN2O2. The maximum atomic E-state index is 13.6. The van der Waals surface area contributed by atoms with Crippen LogP contribution in [0.3, 0.4) is 0 Å². The van der Waals surface area contributed by atoms with Gasteiger partial charge >= 0.3 is 0 Å². The average Bonchev–Trinajstić information content (AvgIpc) is 2.66. The van der Waals surface area contributed by atoms with Crippen molar-refractivity contribution in [3.8, 4) is 11.8 Å². The first-order valence-corrected chi connectivity index (χ1v) is 8.83. The van der Waals surface area contributed by atoms with Gasteiger partial charge in [-0.25, -0.2) is 4.39 Å². The van der Waals surface area contributed by atoms with Crippen LogP contribution in [0.2, 0.25) is 5.02 Å². The number of amides is 1. The number of carbonyl (C=O) groups excluding carboxylic acids is 1. The van der Waals surface area contributed by atoms with Crippen LogP contribution in [-0.4, -0.2) is 30.5 Å². The van der Waals surface area contributed by atoms with Crippen molar-refractivity contribution in [1.29, 1.82) is 5.26 Å². The number of ether oxygens (including phenoxy) is 1. The van der Waals surface area contributed by atoms with Gasteiger partial charge in [0.25, 0.3) is 5.91 Å². The van der Waals surface area contributed by atoms with Crippen molar-refractivity contribution in [2.24, 2.45) is 5.92 Å². The summed E-state index contributed by atoms with van der Waals surface area (Å²) < 4.78 is 19.3. The normalized spacial score (nSPS) is 14.7. The topological polar surface area (TPSA) is 53.3 Å². The van der Waals surface area contributed by atoms with Crippen molar-refractivity contribution in [2.75, 3.05) is 19.7 Å². The molecule has 0 bridgehead atoms. The first kappa shape index (κ1) is 18.2. The summed E-state index contributed by atoms with van der Waals surface area (Å²) in [5.74, 6) is -0.126. The predicted molar refractivity (Wildman–Crippen MR) is 96.7 cm³/mol. The smallest absolute Gasteiger partial charge is 0.255 e. The average molecular weight is 373 g/mol. The van der Waals surface area contributed by atoms with Crippen molar-refractivity contribution >= 4 is 17.5 Å². The highest BCUT2D eigenvalue weighted by molar-refractivity contribution is 6.33. The number of hydrogen-bond donors (Lipinski definition) is 0. The Morgan fingerprint density at radius 1 is 1.23 bits per heavy atom. The summed E-state index contributed by atoms with van der Waals surface area (Å²) in [6.07, 6.45) is 1.57. The van der Waals surface area contributed by atoms with Crippen LogP contribution in [0.25, 0.3) is 0 Å². The lowest BCUT2D eigenvalue weighted by atomic mass is 9.97. The van der Waals surface area contributed by atoms with E-state index >= 15 is 0 Å². The van der Waals surface area contributed by atoms with Crippen molar-refractivity contribution in [2.45, 2.75) is 12.8 Å². The number of piperidine rings is 1. The van der Waals surface area contributed by atoms with E-state index in [2.05, 4.69) is 0 Å². The van der Waals surface area contributed by atoms with Gasteiger partial charge in [-0.1, -0.05) is 29.8 Å². The van der Waals surface area contributed by atoms with Crippen LogP contribution in [0.15, 0.2) is 42.5 Å². The Morgan fingerprint density at radius 2 is 1.96 bits per heavy atom. The SMILES string of the molecule is N#Cc1c(F)cccc1OCC1CCN(C(=O)c2ccccc2Cl)CC1. The second-order valence-corrected chi connectivity index (χ2v) is 6.66. The molecule has 0 spiro atoms. The molecule has 0 radical (unpaired) electrons. The second-order valence-electron chi connectivity index (χ2n) is 6.25. The zero-order valence-electron chi connectivity index (χ0n) is 14.1. The fourth-order valence-corrected chi connectivity index (χ4v) is 3.27. The van der Waals surface area contributed by atoms with Gasteiger partial charge < -0.3 is 9.64 Å². The lowest BCUT2D eigenvalue weighted by molar-refractivity contribution is 0.0661. The number of carbonyl (C=O) groups is 1. The molecule has 0 N–H and O–H groups in total. The number of benzene rings is 2. The Hall–Kier alpha value is -2.58. The van der Waals surface area contributed by atoms with Crippen molar-refractivity contribution in [3.05, 3.63) is 64.4 Å². The minimum Gasteiger partial charge on any atom is -0.492 e. The van der Waals surface area contributed by atoms with Crippen LogP contribution in [0, 0.1) is 23.1 Å². The molecular weight excluding hydrogens is 355 g/mol. The van der Waals surface area contributed by atoms with Crippen molar-refractivity contribution < 1.29 is 13.9 Å². The third-order valence-electron chi connectivity index (χ3n) is 4.57. The quantitative estimate of drug-likeness (QED) is 0.804. The fourth-order valence-electron chi connectivity index (χ4n) is 3.05. The van der Waals surface area contributed by atoms with E-state index < -0.39 is 5.82 Å². The van der Waals surface area contributed by atoms with E-state index in [1.54, 1.807) is 35.2 Å². The summed E-state index contributed by atoms with van der Waals surface area (Å²) in [7, 11) is 0. The van der Waals surface area contributed by atoms with Crippen LogP contribution in [0.1, 0.15) is 28.8 Å². The lowest BCUT2D eigenvalue weighted by Crippen LogP contribution is -2.39. The standard InChI is InChI=1S/C20H18ClFN2O2/c21-17-5-2-1-4-15(17)20(25)24-10-8-14(9-11-24)13-26-19-7-3-6-18(22)16(19)12-23/h1-7,14H,8-11,13H2. The Bertz CT molecular complexity index is 842. The van der Waals surface area contributed by atoms with Crippen molar-refractivity contribution in [1.82, 2.24) is 4.90 Å². The van der Waals surface area contributed by atoms with E-state index in [9.17, 15) is 9.18 Å². The number of likely N-dealkylation sites (tertiary alicyclic amines) is 1. The van der Waals surface area contributed by atoms with E-state index in [-0.39, 0.29) is 23.1 Å². The highest BCUT2D eigenvalue weighted by Crippen LogP contribution is 2.25. The van der Waals surface area contributed by atoms with E-state index in [1.165, 1.54) is 12.1 Å². The number of halogens is 2. The summed E-state index contributed by atoms with van der Waals surface area (Å²) >= 11 is 6.10. The number of hydrogen-bond acceptors (Lipinski definition) is 3. The first-order chi connectivity index (χ1) is 12.6. The molecule has 1 amide bonds. The molecule has 4 nitrogen and oxygen atoms in total. The molecule has 1 heterocycles. The Labute approximate surface area is 156 Å². The molecule has 2 aromatic rings. The van der Waals surface area contributed by atoms with Crippen LogP contribution in [0.5, 0.6) is 5.75 Å². The maximum Gasteiger partial charge on any atom is 0.255 e. The minimum absolute atomic E-state index is 0.0631. The summed E-state index contributed by atoms with van der Waals surface area (Å²) in [6.45, 7) is 1.63. The van der Waals surface area contributed by atoms with Crippen LogP contribution in [-0.2, 0) is 0 Å².